The van der Waals surface area contributed by atoms with Gasteiger partial charge < -0.3 is 10.1 Å². The Kier molecular flexibility index (Phi) is 5.89. The Morgan fingerprint density at radius 3 is 2.83 bits per heavy atom. The molecule has 3 heterocycles. The lowest BCUT2D eigenvalue weighted by atomic mass is 9.95. The molecular weight excluding hydrogens is 392 g/mol. The molecule has 1 amide bonds. The molecule has 1 unspecified atom stereocenters. The fourth-order valence-corrected chi connectivity index (χ4v) is 5.63. The molecule has 8 heteroatoms. The average Bonchev–Trinajstić information content (AvgIpc) is 3.21. The van der Waals surface area contributed by atoms with E-state index in [0.29, 0.717) is 18.2 Å². The van der Waals surface area contributed by atoms with Gasteiger partial charge in [0, 0.05) is 30.9 Å². The summed E-state index contributed by atoms with van der Waals surface area (Å²) in [5.74, 6) is 2.39. The number of rotatable bonds is 5. The van der Waals surface area contributed by atoms with Gasteiger partial charge in [0.05, 0.1) is 23.4 Å². The summed E-state index contributed by atoms with van der Waals surface area (Å²) in [7, 11) is 0. The van der Waals surface area contributed by atoms with Gasteiger partial charge in [-0.05, 0) is 34.0 Å². The lowest BCUT2D eigenvalue weighted by Crippen LogP contribution is -2.59. The zero-order valence-corrected chi connectivity index (χ0v) is 16.6. The third-order valence-electron chi connectivity index (χ3n) is 4.87. The Morgan fingerprint density at radius 2 is 2.25 bits per heavy atom. The molecule has 0 aliphatic carbocycles. The van der Waals surface area contributed by atoms with Crippen molar-refractivity contribution in [1.82, 2.24) is 20.4 Å². The molecule has 6 nitrogen and oxygen atoms in total. The van der Waals surface area contributed by atoms with Gasteiger partial charge in [0.15, 0.2) is 5.69 Å². The first kappa shape index (κ1) is 18.2. The Labute approximate surface area is 155 Å². The first-order valence-electron chi connectivity index (χ1n) is 8.46. The number of amides is 1. The molecule has 0 radical (unpaired) electrons. The van der Waals surface area contributed by atoms with Gasteiger partial charge in [-0.1, -0.05) is 13.8 Å². The molecule has 0 aromatic carbocycles. The van der Waals surface area contributed by atoms with Crippen LogP contribution in [0.3, 0.4) is 0 Å². The molecule has 2 aliphatic heterocycles. The quantitative estimate of drug-likeness (QED) is 0.769. The second kappa shape index (κ2) is 7.76. The van der Waals surface area contributed by atoms with E-state index in [9.17, 15) is 4.79 Å². The number of halogens is 1. The number of aromatic amines is 1. The number of carbonyl (C=O) groups excluding carboxylic acids is 1. The van der Waals surface area contributed by atoms with E-state index >= 15 is 0 Å². The van der Waals surface area contributed by atoms with Crippen LogP contribution in [-0.4, -0.2) is 70.9 Å². The number of thioether (sulfide) groups is 1. The summed E-state index contributed by atoms with van der Waals surface area (Å²) in [5, 5.41) is 10.3. The van der Waals surface area contributed by atoms with Gasteiger partial charge in [-0.2, -0.15) is 16.9 Å². The van der Waals surface area contributed by atoms with Crippen molar-refractivity contribution in [1.29, 1.82) is 0 Å². The van der Waals surface area contributed by atoms with Gasteiger partial charge in [-0.25, -0.2) is 0 Å². The van der Waals surface area contributed by atoms with E-state index in [1.165, 1.54) is 0 Å². The standard InChI is InChI=1S/C16H25BrN4O2S/c1-11(2)13-12(17)14(20-19-13)15(22)18-9-16(3-8-24-10-16)21-4-6-23-7-5-21/h11H,3-10H2,1-2H3,(H,18,22)(H,19,20). The Balaban J connectivity index is 1.67. The Bertz CT molecular complexity index is 581. The van der Waals surface area contributed by atoms with Gasteiger partial charge >= 0.3 is 0 Å². The molecule has 24 heavy (non-hydrogen) atoms. The highest BCUT2D eigenvalue weighted by Crippen LogP contribution is 2.34. The van der Waals surface area contributed by atoms with Crippen molar-refractivity contribution >= 4 is 33.6 Å². The number of hydrogen-bond acceptors (Lipinski definition) is 5. The van der Waals surface area contributed by atoms with E-state index in [4.69, 9.17) is 4.74 Å². The maximum Gasteiger partial charge on any atom is 0.273 e. The summed E-state index contributed by atoms with van der Waals surface area (Å²) in [6.45, 7) is 8.26. The molecule has 0 bridgehead atoms. The monoisotopic (exact) mass is 416 g/mol. The second-order valence-electron chi connectivity index (χ2n) is 6.76. The number of H-pyrrole nitrogens is 1. The number of ether oxygens (including phenoxy) is 1. The van der Waals surface area contributed by atoms with Crippen LogP contribution in [0.2, 0.25) is 0 Å². The third kappa shape index (κ3) is 3.66. The molecule has 1 atom stereocenters. The van der Waals surface area contributed by atoms with Crippen molar-refractivity contribution in [2.75, 3.05) is 44.4 Å². The first-order valence-corrected chi connectivity index (χ1v) is 10.4. The van der Waals surface area contributed by atoms with Crippen LogP contribution in [0.1, 0.15) is 42.4 Å². The zero-order chi connectivity index (χ0) is 17.2. The molecule has 0 saturated carbocycles. The lowest BCUT2D eigenvalue weighted by Gasteiger charge is -2.43. The van der Waals surface area contributed by atoms with Crippen LogP contribution in [0.25, 0.3) is 0 Å². The smallest absolute Gasteiger partial charge is 0.273 e. The molecule has 134 valence electrons. The molecular formula is C16H25BrN4O2S. The zero-order valence-electron chi connectivity index (χ0n) is 14.2. The summed E-state index contributed by atoms with van der Waals surface area (Å²) in [6.07, 6.45) is 1.11. The Hall–Kier alpha value is -0.570. The highest BCUT2D eigenvalue weighted by molar-refractivity contribution is 9.10. The summed E-state index contributed by atoms with van der Waals surface area (Å²) < 4.78 is 6.26. The van der Waals surface area contributed by atoms with Gasteiger partial charge in [0.1, 0.15) is 0 Å². The summed E-state index contributed by atoms with van der Waals surface area (Å²) in [5.41, 5.74) is 1.45. The van der Waals surface area contributed by atoms with Crippen LogP contribution < -0.4 is 5.32 Å². The van der Waals surface area contributed by atoms with Crippen molar-refractivity contribution in [3.63, 3.8) is 0 Å². The van der Waals surface area contributed by atoms with Crippen LogP contribution in [0.15, 0.2) is 4.47 Å². The highest BCUT2D eigenvalue weighted by Gasteiger charge is 2.41. The second-order valence-corrected chi connectivity index (χ2v) is 8.66. The summed E-state index contributed by atoms with van der Waals surface area (Å²) in [6, 6.07) is 0. The SMILES string of the molecule is CC(C)c1[nH]nc(C(=O)NCC2(N3CCOCC3)CCSC2)c1Br. The van der Waals surface area contributed by atoms with Gasteiger partial charge in [-0.15, -0.1) is 0 Å². The van der Waals surface area contributed by atoms with E-state index < -0.39 is 0 Å². The van der Waals surface area contributed by atoms with Crippen molar-refractivity contribution in [3.05, 3.63) is 15.9 Å². The maximum atomic E-state index is 12.6. The van der Waals surface area contributed by atoms with E-state index in [-0.39, 0.29) is 11.4 Å². The highest BCUT2D eigenvalue weighted by atomic mass is 79.9. The van der Waals surface area contributed by atoms with E-state index in [0.717, 1.165) is 54.4 Å². The Morgan fingerprint density at radius 1 is 1.50 bits per heavy atom. The minimum atomic E-state index is -0.116. The summed E-state index contributed by atoms with van der Waals surface area (Å²) >= 11 is 5.48. The van der Waals surface area contributed by atoms with E-state index in [2.05, 4.69) is 50.2 Å². The number of morpholine rings is 1. The van der Waals surface area contributed by atoms with Crippen LogP contribution in [0, 0.1) is 0 Å². The van der Waals surface area contributed by atoms with Gasteiger partial charge in [0.2, 0.25) is 0 Å². The molecule has 1 aromatic rings. The third-order valence-corrected chi connectivity index (χ3v) is 6.90. The van der Waals surface area contributed by atoms with Crippen LogP contribution in [0.5, 0.6) is 0 Å². The van der Waals surface area contributed by atoms with Crippen LogP contribution in [0.4, 0.5) is 0 Å². The van der Waals surface area contributed by atoms with Crippen molar-refractivity contribution in [2.24, 2.45) is 0 Å². The first-order chi connectivity index (χ1) is 11.5. The lowest BCUT2D eigenvalue weighted by molar-refractivity contribution is -0.0129. The average molecular weight is 417 g/mol. The van der Waals surface area contributed by atoms with Crippen molar-refractivity contribution in [2.45, 2.75) is 31.7 Å². The number of aromatic nitrogens is 2. The van der Waals surface area contributed by atoms with Gasteiger partial charge in [0.25, 0.3) is 5.91 Å². The number of carbonyl (C=O) groups is 1. The van der Waals surface area contributed by atoms with Crippen LogP contribution in [-0.2, 0) is 4.74 Å². The molecule has 0 spiro atoms. The molecule has 1 aromatic heterocycles. The summed E-state index contributed by atoms with van der Waals surface area (Å²) in [4.78, 5) is 15.1. The van der Waals surface area contributed by atoms with Crippen LogP contribution >= 0.6 is 27.7 Å². The minimum Gasteiger partial charge on any atom is -0.379 e. The largest absolute Gasteiger partial charge is 0.379 e. The number of nitrogens with zero attached hydrogens (tertiary/aromatic N) is 2. The molecule has 2 N–H and O–H groups in total. The normalized spacial score (nSPS) is 25.3. The fraction of sp³-hybridized carbons (Fsp3) is 0.750. The molecule has 2 saturated heterocycles. The molecule has 2 fully saturated rings. The number of hydrogen-bond donors (Lipinski definition) is 2. The molecule has 2 aliphatic rings. The van der Waals surface area contributed by atoms with E-state index in [1.807, 2.05) is 11.8 Å². The number of nitrogens with one attached hydrogen (secondary N) is 2. The maximum absolute atomic E-state index is 12.6. The molecule has 3 rings (SSSR count). The van der Waals surface area contributed by atoms with Crippen molar-refractivity contribution in [3.8, 4) is 0 Å². The van der Waals surface area contributed by atoms with E-state index in [1.54, 1.807) is 0 Å². The predicted molar refractivity (Wildman–Crippen MR) is 99.8 cm³/mol. The minimum absolute atomic E-state index is 0.0494. The fourth-order valence-electron chi connectivity index (χ4n) is 3.34. The topological polar surface area (TPSA) is 70.2 Å². The predicted octanol–water partition coefficient (Wildman–Crippen LogP) is 2.23. The van der Waals surface area contributed by atoms with Crippen molar-refractivity contribution < 1.29 is 9.53 Å². The van der Waals surface area contributed by atoms with Gasteiger partial charge in [-0.3, -0.25) is 14.8 Å².